The van der Waals surface area contributed by atoms with Crippen molar-refractivity contribution in [2.45, 2.75) is 4.90 Å². The Morgan fingerprint density at radius 1 is 0.867 bits per heavy atom. The van der Waals surface area contributed by atoms with Gasteiger partial charge in [0.1, 0.15) is 0 Å². The fourth-order valence-electron chi connectivity index (χ4n) is 2.92. The van der Waals surface area contributed by atoms with Crippen molar-refractivity contribution in [2.75, 3.05) is 10.0 Å². The van der Waals surface area contributed by atoms with Gasteiger partial charge in [-0.2, -0.15) is 0 Å². The van der Waals surface area contributed by atoms with E-state index in [2.05, 4.69) is 15.0 Å². The predicted molar refractivity (Wildman–Crippen MR) is 118 cm³/mol. The van der Waals surface area contributed by atoms with Crippen LogP contribution in [0.15, 0.2) is 90.0 Å². The van der Waals surface area contributed by atoms with E-state index in [1.807, 2.05) is 18.2 Å². The molecule has 0 atom stereocenters. The number of halogens is 1. The summed E-state index contributed by atoms with van der Waals surface area (Å²) in [5.74, 6) is -0.361. The van der Waals surface area contributed by atoms with Gasteiger partial charge in [0.25, 0.3) is 15.9 Å². The molecule has 30 heavy (non-hydrogen) atoms. The number of anilines is 2. The van der Waals surface area contributed by atoms with Gasteiger partial charge in [-0.1, -0.05) is 35.9 Å². The molecule has 4 aromatic rings. The van der Waals surface area contributed by atoms with Crippen molar-refractivity contribution < 1.29 is 13.2 Å². The molecule has 6 nitrogen and oxygen atoms in total. The minimum atomic E-state index is -3.85. The van der Waals surface area contributed by atoms with Crippen LogP contribution < -0.4 is 10.0 Å². The summed E-state index contributed by atoms with van der Waals surface area (Å²) < 4.78 is 27.9. The average Bonchev–Trinajstić information content (AvgIpc) is 2.73. The number of nitrogens with one attached hydrogen (secondary N) is 2. The summed E-state index contributed by atoms with van der Waals surface area (Å²) >= 11 is 5.91. The van der Waals surface area contributed by atoms with E-state index in [-0.39, 0.29) is 10.8 Å². The zero-order valence-electron chi connectivity index (χ0n) is 15.5. The quantitative estimate of drug-likeness (QED) is 0.462. The Balaban J connectivity index is 1.55. The van der Waals surface area contributed by atoms with Gasteiger partial charge in [0.05, 0.1) is 16.1 Å². The number of amides is 1. The molecule has 0 radical (unpaired) electrons. The number of hydrogen-bond donors (Lipinski definition) is 2. The molecule has 0 saturated carbocycles. The van der Waals surface area contributed by atoms with E-state index < -0.39 is 10.0 Å². The molecule has 2 N–H and O–H groups in total. The molecule has 1 amide bonds. The zero-order chi connectivity index (χ0) is 21.1. The van der Waals surface area contributed by atoms with Crippen molar-refractivity contribution in [3.05, 3.63) is 95.6 Å². The van der Waals surface area contributed by atoms with Gasteiger partial charge in [0.2, 0.25) is 0 Å². The molecule has 0 saturated heterocycles. The predicted octanol–water partition coefficient (Wildman–Crippen LogP) is 4.94. The Morgan fingerprint density at radius 3 is 2.50 bits per heavy atom. The lowest BCUT2D eigenvalue weighted by Crippen LogP contribution is -2.15. The largest absolute Gasteiger partial charge is 0.322 e. The summed E-state index contributed by atoms with van der Waals surface area (Å²) in [7, 11) is -3.85. The molecule has 3 aromatic carbocycles. The maximum atomic E-state index is 12.7. The number of sulfonamides is 1. The van der Waals surface area contributed by atoms with E-state index in [0.29, 0.717) is 27.5 Å². The highest BCUT2D eigenvalue weighted by Crippen LogP contribution is 2.22. The fourth-order valence-corrected chi connectivity index (χ4v) is 4.20. The normalized spacial score (nSPS) is 11.2. The number of rotatable bonds is 5. The Hall–Kier alpha value is -3.42. The Bertz CT molecular complexity index is 1360. The third-order valence-corrected chi connectivity index (χ3v) is 5.96. The summed E-state index contributed by atoms with van der Waals surface area (Å²) in [6.45, 7) is 0. The molecule has 0 spiro atoms. The molecule has 0 aliphatic carbocycles. The number of benzene rings is 3. The molecule has 0 unspecified atom stereocenters. The highest BCUT2D eigenvalue weighted by atomic mass is 35.5. The number of carbonyl (C=O) groups excluding carboxylic acids is 1. The first-order valence-electron chi connectivity index (χ1n) is 8.95. The molecule has 1 aromatic heterocycles. The Labute approximate surface area is 178 Å². The second-order valence-corrected chi connectivity index (χ2v) is 8.63. The van der Waals surface area contributed by atoms with Gasteiger partial charge in [-0.3, -0.25) is 14.5 Å². The molecular formula is C22H16ClN3O3S. The zero-order valence-corrected chi connectivity index (χ0v) is 17.1. The monoisotopic (exact) mass is 437 g/mol. The van der Waals surface area contributed by atoms with Crippen molar-refractivity contribution in [3.63, 3.8) is 0 Å². The maximum absolute atomic E-state index is 12.7. The van der Waals surface area contributed by atoms with E-state index >= 15 is 0 Å². The lowest BCUT2D eigenvalue weighted by atomic mass is 10.1. The standard InChI is InChI=1S/C22H16ClN3O3S/c23-17-5-1-7-19(13-17)26-30(28,29)20-8-2-6-18(14-20)25-22(27)16-10-9-15-4-3-11-24-21(15)12-16/h1-14,26H,(H,25,27). The van der Waals surface area contributed by atoms with Crippen LogP contribution in [0.3, 0.4) is 0 Å². The Morgan fingerprint density at radius 2 is 1.67 bits per heavy atom. The van der Waals surface area contributed by atoms with E-state index in [0.717, 1.165) is 5.39 Å². The lowest BCUT2D eigenvalue weighted by molar-refractivity contribution is 0.102. The van der Waals surface area contributed by atoms with Gasteiger partial charge in [0.15, 0.2) is 0 Å². The highest BCUT2D eigenvalue weighted by molar-refractivity contribution is 7.92. The van der Waals surface area contributed by atoms with Crippen LogP contribution in [0.5, 0.6) is 0 Å². The van der Waals surface area contributed by atoms with Crippen molar-refractivity contribution in [1.82, 2.24) is 4.98 Å². The number of pyridine rings is 1. The van der Waals surface area contributed by atoms with Gasteiger partial charge in [-0.05, 0) is 54.6 Å². The smallest absolute Gasteiger partial charge is 0.261 e. The maximum Gasteiger partial charge on any atom is 0.261 e. The van der Waals surface area contributed by atoms with Crippen molar-refractivity contribution in [2.24, 2.45) is 0 Å². The minimum absolute atomic E-state index is 0.0143. The topological polar surface area (TPSA) is 88.2 Å². The lowest BCUT2D eigenvalue weighted by Gasteiger charge is -2.11. The summed E-state index contributed by atoms with van der Waals surface area (Å²) in [5.41, 5.74) is 1.83. The average molecular weight is 438 g/mol. The number of nitrogens with zero attached hydrogens (tertiary/aromatic N) is 1. The third-order valence-electron chi connectivity index (χ3n) is 4.35. The van der Waals surface area contributed by atoms with Crippen LogP contribution in [-0.4, -0.2) is 19.3 Å². The molecule has 8 heteroatoms. The van der Waals surface area contributed by atoms with Gasteiger partial charge in [0, 0.05) is 27.9 Å². The number of carbonyl (C=O) groups is 1. The minimum Gasteiger partial charge on any atom is -0.322 e. The van der Waals surface area contributed by atoms with Gasteiger partial charge < -0.3 is 5.32 Å². The molecule has 0 aliphatic heterocycles. The number of hydrogen-bond acceptors (Lipinski definition) is 4. The first-order chi connectivity index (χ1) is 14.4. The summed E-state index contributed by atoms with van der Waals surface area (Å²) in [6, 6.07) is 21.4. The first-order valence-corrected chi connectivity index (χ1v) is 10.8. The summed E-state index contributed by atoms with van der Waals surface area (Å²) in [5, 5.41) is 4.07. The second kappa shape index (κ2) is 8.14. The van der Waals surface area contributed by atoms with Crippen LogP contribution in [0.4, 0.5) is 11.4 Å². The molecule has 0 aliphatic rings. The van der Waals surface area contributed by atoms with Gasteiger partial charge in [-0.15, -0.1) is 0 Å². The van der Waals surface area contributed by atoms with Crippen LogP contribution in [0.2, 0.25) is 5.02 Å². The van der Waals surface area contributed by atoms with E-state index in [1.165, 1.54) is 18.2 Å². The van der Waals surface area contributed by atoms with Crippen molar-refractivity contribution in [1.29, 1.82) is 0 Å². The van der Waals surface area contributed by atoms with Crippen LogP contribution >= 0.6 is 11.6 Å². The fraction of sp³-hybridized carbons (Fsp3) is 0. The van der Waals surface area contributed by atoms with Crippen molar-refractivity contribution >= 4 is 49.8 Å². The molecule has 150 valence electrons. The molecule has 4 rings (SSSR count). The van der Waals surface area contributed by atoms with Crippen LogP contribution in [-0.2, 0) is 10.0 Å². The van der Waals surface area contributed by atoms with E-state index in [9.17, 15) is 13.2 Å². The van der Waals surface area contributed by atoms with E-state index in [4.69, 9.17) is 11.6 Å². The third kappa shape index (κ3) is 4.42. The SMILES string of the molecule is O=C(Nc1cccc(S(=O)(=O)Nc2cccc(Cl)c2)c1)c1ccc2cccnc2c1. The Kier molecular flexibility index (Phi) is 5.39. The second-order valence-electron chi connectivity index (χ2n) is 6.51. The summed E-state index contributed by atoms with van der Waals surface area (Å²) in [4.78, 5) is 16.9. The molecular weight excluding hydrogens is 422 g/mol. The van der Waals surface area contributed by atoms with Crippen LogP contribution in [0.1, 0.15) is 10.4 Å². The van der Waals surface area contributed by atoms with Crippen LogP contribution in [0.25, 0.3) is 10.9 Å². The highest BCUT2D eigenvalue weighted by Gasteiger charge is 2.16. The van der Waals surface area contributed by atoms with E-state index in [1.54, 1.807) is 48.7 Å². The van der Waals surface area contributed by atoms with Gasteiger partial charge in [-0.25, -0.2) is 8.42 Å². The first kappa shape index (κ1) is 19.9. The van der Waals surface area contributed by atoms with Crippen LogP contribution in [0, 0.1) is 0 Å². The molecule has 0 bridgehead atoms. The number of aromatic nitrogens is 1. The molecule has 0 fully saturated rings. The van der Waals surface area contributed by atoms with Gasteiger partial charge >= 0.3 is 0 Å². The number of fused-ring (bicyclic) bond motifs is 1. The summed E-state index contributed by atoms with van der Waals surface area (Å²) in [6.07, 6.45) is 1.66. The van der Waals surface area contributed by atoms with Crippen molar-refractivity contribution in [3.8, 4) is 0 Å². The molecule has 1 heterocycles.